The number of rotatable bonds is 7. The Kier molecular flexibility index (Phi) is 6.73. The molecule has 0 amide bonds. The summed E-state index contributed by atoms with van der Waals surface area (Å²) < 4.78 is 7.17. The fourth-order valence-corrected chi connectivity index (χ4v) is 4.43. The van der Waals surface area contributed by atoms with Gasteiger partial charge in [-0.2, -0.15) is 0 Å². The summed E-state index contributed by atoms with van der Waals surface area (Å²) in [6.45, 7) is 8.81. The van der Waals surface area contributed by atoms with Crippen molar-refractivity contribution in [3.63, 3.8) is 0 Å². The zero-order valence-electron chi connectivity index (χ0n) is 18.3. The van der Waals surface area contributed by atoms with Crippen LogP contribution in [0.25, 0.3) is 0 Å². The Morgan fingerprint density at radius 2 is 1.81 bits per heavy atom. The van der Waals surface area contributed by atoms with Crippen LogP contribution in [0.5, 0.6) is 5.75 Å². The molecule has 2 heterocycles. The van der Waals surface area contributed by atoms with Crippen molar-refractivity contribution in [3.8, 4) is 5.75 Å². The molecule has 164 valence electrons. The molecule has 8 heteroatoms. The van der Waals surface area contributed by atoms with E-state index in [1.807, 2.05) is 22.9 Å². The van der Waals surface area contributed by atoms with E-state index in [2.05, 4.69) is 63.4 Å². The molecule has 4 rings (SSSR count). The number of ether oxygens (including phenoxy) is 1. The van der Waals surface area contributed by atoms with E-state index in [4.69, 9.17) is 16.3 Å². The first kappa shape index (κ1) is 21.6. The number of anilines is 1. The van der Waals surface area contributed by atoms with Crippen LogP contribution < -0.4 is 9.64 Å². The second-order valence-electron chi connectivity index (χ2n) is 7.92. The van der Waals surface area contributed by atoms with Gasteiger partial charge in [0.25, 0.3) is 0 Å². The van der Waals surface area contributed by atoms with Crippen molar-refractivity contribution >= 4 is 17.3 Å². The molecule has 1 aromatic heterocycles. The highest BCUT2D eigenvalue weighted by molar-refractivity contribution is 6.30. The molecule has 0 saturated carbocycles. The third kappa shape index (κ3) is 4.83. The van der Waals surface area contributed by atoms with Crippen LogP contribution in [-0.4, -0.2) is 58.4 Å². The van der Waals surface area contributed by atoms with Crippen molar-refractivity contribution < 1.29 is 4.74 Å². The van der Waals surface area contributed by atoms with Crippen LogP contribution in [0.15, 0.2) is 42.5 Å². The van der Waals surface area contributed by atoms with Gasteiger partial charge in [-0.3, -0.25) is 4.90 Å². The number of piperazine rings is 1. The molecule has 1 aliphatic heterocycles. The lowest BCUT2D eigenvalue weighted by molar-refractivity contribution is 0.169. The molecule has 0 N–H and O–H groups in total. The van der Waals surface area contributed by atoms with Gasteiger partial charge in [0.15, 0.2) is 5.82 Å². The number of aromatic nitrogens is 4. The van der Waals surface area contributed by atoms with Crippen LogP contribution in [0, 0.1) is 6.92 Å². The van der Waals surface area contributed by atoms with Crippen molar-refractivity contribution in [3.05, 3.63) is 64.4 Å². The molecule has 1 aliphatic rings. The highest BCUT2D eigenvalue weighted by Gasteiger charge is 2.28. The molecule has 0 unspecified atom stereocenters. The number of tetrazole rings is 1. The van der Waals surface area contributed by atoms with Crippen LogP contribution in [0.2, 0.25) is 5.02 Å². The quantitative estimate of drug-likeness (QED) is 0.554. The predicted octanol–water partition coefficient (Wildman–Crippen LogP) is 3.97. The third-order valence-corrected chi connectivity index (χ3v) is 6.24. The Bertz CT molecular complexity index is 998. The van der Waals surface area contributed by atoms with Gasteiger partial charge in [0.05, 0.1) is 19.7 Å². The average molecular weight is 441 g/mol. The van der Waals surface area contributed by atoms with Crippen LogP contribution in [0.1, 0.15) is 36.3 Å². The molecule has 1 saturated heterocycles. The van der Waals surface area contributed by atoms with Gasteiger partial charge in [-0.15, -0.1) is 5.10 Å². The molecule has 0 spiro atoms. The van der Waals surface area contributed by atoms with Crippen molar-refractivity contribution in [2.24, 2.45) is 0 Å². The molecule has 0 bridgehead atoms. The highest BCUT2D eigenvalue weighted by atomic mass is 35.5. The van der Waals surface area contributed by atoms with Gasteiger partial charge < -0.3 is 9.64 Å². The minimum atomic E-state index is 0.191. The second-order valence-corrected chi connectivity index (χ2v) is 8.36. The van der Waals surface area contributed by atoms with Crippen molar-refractivity contribution in [1.29, 1.82) is 0 Å². The van der Waals surface area contributed by atoms with E-state index in [1.54, 1.807) is 7.11 Å². The molecule has 0 aliphatic carbocycles. The normalized spacial score (nSPS) is 15.8. The van der Waals surface area contributed by atoms with Crippen LogP contribution in [0.3, 0.4) is 0 Å². The molecule has 31 heavy (non-hydrogen) atoms. The van der Waals surface area contributed by atoms with E-state index in [0.717, 1.165) is 54.8 Å². The van der Waals surface area contributed by atoms with Gasteiger partial charge in [-0.25, -0.2) is 4.68 Å². The van der Waals surface area contributed by atoms with Crippen molar-refractivity contribution in [2.75, 3.05) is 38.2 Å². The van der Waals surface area contributed by atoms with Gasteiger partial charge in [-0.05, 0) is 59.2 Å². The Hall–Kier alpha value is -2.64. The van der Waals surface area contributed by atoms with Crippen LogP contribution in [0.4, 0.5) is 5.69 Å². The third-order valence-electron chi connectivity index (χ3n) is 6.00. The number of nitrogens with zero attached hydrogens (tertiary/aromatic N) is 6. The van der Waals surface area contributed by atoms with Gasteiger partial charge >= 0.3 is 0 Å². The smallest absolute Gasteiger partial charge is 0.168 e. The summed E-state index contributed by atoms with van der Waals surface area (Å²) >= 11 is 6.24. The summed E-state index contributed by atoms with van der Waals surface area (Å²) in [4.78, 5) is 4.91. The molecule has 0 radical (unpaired) electrons. The first-order chi connectivity index (χ1) is 15.1. The monoisotopic (exact) mass is 440 g/mol. The number of methoxy groups -OCH3 is 1. The Balaban J connectivity index is 1.45. The number of halogens is 1. The number of benzene rings is 2. The molecular formula is C23H29ClN6O. The van der Waals surface area contributed by atoms with E-state index in [1.165, 1.54) is 11.3 Å². The molecule has 1 fully saturated rings. The molecular weight excluding hydrogens is 412 g/mol. The highest BCUT2D eigenvalue weighted by Crippen LogP contribution is 2.28. The maximum atomic E-state index is 6.24. The SMILES string of the molecule is CC[C@H](c1nnnn1Cc1ccc(OC)cc1)N1CCN(c2cc(Cl)ccc2C)CC1. The fraction of sp³-hybridized carbons (Fsp3) is 0.435. The van der Waals surface area contributed by atoms with E-state index < -0.39 is 0 Å². The number of aryl methyl sites for hydroxylation is 1. The molecule has 2 aromatic carbocycles. The summed E-state index contributed by atoms with van der Waals surface area (Å²) in [6.07, 6.45) is 0.958. The minimum Gasteiger partial charge on any atom is -0.497 e. The zero-order chi connectivity index (χ0) is 21.8. The van der Waals surface area contributed by atoms with Gasteiger partial charge in [0.1, 0.15) is 5.75 Å². The lowest BCUT2D eigenvalue weighted by atomic mass is 10.1. The zero-order valence-corrected chi connectivity index (χ0v) is 19.1. The molecule has 3 aromatic rings. The van der Waals surface area contributed by atoms with E-state index in [0.29, 0.717) is 6.54 Å². The maximum Gasteiger partial charge on any atom is 0.168 e. The Morgan fingerprint density at radius 1 is 1.06 bits per heavy atom. The largest absolute Gasteiger partial charge is 0.497 e. The molecule has 1 atom stereocenters. The maximum absolute atomic E-state index is 6.24. The topological polar surface area (TPSA) is 59.3 Å². The second kappa shape index (κ2) is 9.66. The predicted molar refractivity (Wildman–Crippen MR) is 123 cm³/mol. The summed E-state index contributed by atoms with van der Waals surface area (Å²) in [5, 5.41) is 13.4. The van der Waals surface area contributed by atoms with Gasteiger partial charge in [0.2, 0.25) is 0 Å². The minimum absolute atomic E-state index is 0.191. The van der Waals surface area contributed by atoms with Gasteiger partial charge in [0, 0.05) is 36.9 Å². The van der Waals surface area contributed by atoms with Crippen molar-refractivity contribution in [1.82, 2.24) is 25.1 Å². The lowest BCUT2D eigenvalue weighted by Gasteiger charge is -2.40. The van der Waals surface area contributed by atoms with Crippen LogP contribution in [-0.2, 0) is 6.54 Å². The first-order valence-corrected chi connectivity index (χ1v) is 11.1. The summed E-state index contributed by atoms with van der Waals surface area (Å²) in [5.41, 5.74) is 3.63. The molecule has 7 nitrogen and oxygen atoms in total. The lowest BCUT2D eigenvalue weighted by Crippen LogP contribution is -2.48. The van der Waals surface area contributed by atoms with E-state index in [9.17, 15) is 0 Å². The Labute approximate surface area is 188 Å². The van der Waals surface area contributed by atoms with Gasteiger partial charge in [-0.1, -0.05) is 36.7 Å². The Morgan fingerprint density at radius 3 is 2.48 bits per heavy atom. The van der Waals surface area contributed by atoms with Crippen molar-refractivity contribution in [2.45, 2.75) is 32.9 Å². The number of hydrogen-bond donors (Lipinski definition) is 0. The average Bonchev–Trinajstić information content (AvgIpc) is 3.25. The first-order valence-electron chi connectivity index (χ1n) is 10.7. The standard InChI is InChI=1S/C23H29ClN6O/c1-4-21(23-25-26-27-30(23)16-18-6-9-20(31-3)10-7-18)28-11-13-29(14-12-28)22-15-19(24)8-5-17(22)2/h5-10,15,21H,4,11-14,16H2,1-3H3/t21-/m1/s1. The summed E-state index contributed by atoms with van der Waals surface area (Å²) in [5.74, 6) is 1.77. The van der Waals surface area contributed by atoms with E-state index in [-0.39, 0.29) is 6.04 Å². The van der Waals surface area contributed by atoms with Crippen LogP contribution >= 0.6 is 11.6 Å². The number of hydrogen-bond acceptors (Lipinski definition) is 6. The summed E-state index contributed by atoms with van der Waals surface area (Å²) in [6, 6.07) is 14.3. The summed E-state index contributed by atoms with van der Waals surface area (Å²) in [7, 11) is 1.67. The van der Waals surface area contributed by atoms with E-state index >= 15 is 0 Å². The fourth-order valence-electron chi connectivity index (χ4n) is 4.27.